The number of aromatic amines is 1. The summed E-state index contributed by atoms with van der Waals surface area (Å²) in [4.78, 5) is 28.7. The van der Waals surface area contributed by atoms with Crippen molar-refractivity contribution in [3.8, 4) is 0 Å². The molecule has 9 heteroatoms. The van der Waals surface area contributed by atoms with Crippen molar-refractivity contribution in [2.24, 2.45) is 0 Å². The van der Waals surface area contributed by atoms with E-state index in [1.807, 2.05) is 24.3 Å². The predicted molar refractivity (Wildman–Crippen MR) is 114 cm³/mol. The second kappa shape index (κ2) is 8.83. The number of fused-ring (bicyclic) bond motifs is 1. The minimum Gasteiger partial charge on any atom is -0.379 e. The van der Waals surface area contributed by atoms with Gasteiger partial charge in [-0.15, -0.1) is 0 Å². The Balaban J connectivity index is 1.55. The second-order valence-electron chi connectivity index (χ2n) is 7.08. The van der Waals surface area contributed by atoms with E-state index in [2.05, 4.69) is 15.2 Å². The van der Waals surface area contributed by atoms with Gasteiger partial charge in [-0.3, -0.25) is 19.8 Å². The zero-order valence-corrected chi connectivity index (χ0v) is 16.9. The number of nitro groups is 1. The van der Waals surface area contributed by atoms with Crippen LogP contribution in [0, 0.1) is 10.1 Å². The van der Waals surface area contributed by atoms with Crippen molar-refractivity contribution >= 4 is 34.1 Å². The number of nitrogens with zero attached hydrogens (tertiary/aromatic N) is 2. The average molecular weight is 429 g/mol. The molecular weight excluding hydrogens is 408 g/mol. The normalized spacial score (nSPS) is 15.8. The number of nitrogens with one attached hydrogen (secondary N) is 2. The summed E-state index contributed by atoms with van der Waals surface area (Å²) in [7, 11) is 0. The average Bonchev–Trinajstić information content (AvgIpc) is 3.20. The van der Waals surface area contributed by atoms with Gasteiger partial charge in [0, 0.05) is 36.1 Å². The number of non-ortho nitro benzene ring substituents is 1. The molecule has 8 nitrogen and oxygen atoms in total. The summed E-state index contributed by atoms with van der Waals surface area (Å²) in [6.07, 6.45) is 0. The minimum absolute atomic E-state index is 0.0613. The Bertz CT molecular complexity index is 1080. The molecule has 4 rings (SSSR count). The molecule has 0 bridgehead atoms. The van der Waals surface area contributed by atoms with E-state index >= 15 is 0 Å². The van der Waals surface area contributed by atoms with Gasteiger partial charge in [-0.2, -0.15) is 0 Å². The van der Waals surface area contributed by atoms with E-state index < -0.39 is 4.92 Å². The first kappa shape index (κ1) is 20.3. The van der Waals surface area contributed by atoms with E-state index in [4.69, 9.17) is 16.3 Å². The van der Waals surface area contributed by atoms with Gasteiger partial charge in [0.2, 0.25) is 0 Å². The maximum Gasteiger partial charge on any atom is 0.293 e. The highest BCUT2D eigenvalue weighted by atomic mass is 35.5. The number of aromatic nitrogens is 1. The summed E-state index contributed by atoms with van der Waals surface area (Å²) >= 11 is 6.43. The fourth-order valence-electron chi connectivity index (χ4n) is 3.77. The molecule has 0 spiro atoms. The molecule has 2 aromatic carbocycles. The largest absolute Gasteiger partial charge is 0.379 e. The number of amides is 1. The number of hydrogen-bond donors (Lipinski definition) is 2. The lowest BCUT2D eigenvalue weighted by atomic mass is 10.0. The van der Waals surface area contributed by atoms with Crippen LogP contribution < -0.4 is 5.32 Å². The van der Waals surface area contributed by atoms with Gasteiger partial charge in [-0.25, -0.2) is 0 Å². The third kappa shape index (κ3) is 4.16. The number of hydrogen-bond acceptors (Lipinski definition) is 5. The van der Waals surface area contributed by atoms with Gasteiger partial charge < -0.3 is 15.0 Å². The Morgan fingerprint density at radius 2 is 2.00 bits per heavy atom. The van der Waals surface area contributed by atoms with Crippen LogP contribution in [0.1, 0.15) is 22.1 Å². The lowest BCUT2D eigenvalue weighted by Gasteiger charge is -2.35. The van der Waals surface area contributed by atoms with E-state index in [-0.39, 0.29) is 23.3 Å². The maximum absolute atomic E-state index is 12.8. The third-order valence-electron chi connectivity index (χ3n) is 5.28. The minimum atomic E-state index is -0.466. The Kier molecular flexibility index (Phi) is 5.98. The van der Waals surface area contributed by atoms with Gasteiger partial charge in [0.25, 0.3) is 11.6 Å². The van der Waals surface area contributed by atoms with Crippen molar-refractivity contribution in [1.29, 1.82) is 0 Å². The molecule has 1 amide bonds. The van der Waals surface area contributed by atoms with Gasteiger partial charge in [-0.1, -0.05) is 41.9 Å². The van der Waals surface area contributed by atoms with E-state index in [0.717, 1.165) is 18.7 Å². The van der Waals surface area contributed by atoms with Crippen molar-refractivity contribution in [1.82, 2.24) is 15.2 Å². The molecule has 1 saturated heterocycles. The molecule has 1 aliphatic rings. The number of nitro benzene ring substituents is 1. The summed E-state index contributed by atoms with van der Waals surface area (Å²) in [5.74, 6) is -0.328. The molecule has 0 unspecified atom stereocenters. The Morgan fingerprint density at radius 1 is 1.23 bits per heavy atom. The number of morpholine rings is 1. The summed E-state index contributed by atoms with van der Waals surface area (Å²) in [5.41, 5.74) is 1.49. The number of H-pyrrole nitrogens is 1. The molecule has 2 heterocycles. The van der Waals surface area contributed by atoms with Crippen LogP contribution in [0.4, 0.5) is 5.69 Å². The SMILES string of the molecule is O=C(NC[C@H](c1ccccc1Cl)N1CCOCC1)c1cc2cccc([N+](=O)[O-])c2[nH]1. The first-order valence-corrected chi connectivity index (χ1v) is 10.0. The van der Waals surface area contributed by atoms with Crippen molar-refractivity contribution in [2.45, 2.75) is 6.04 Å². The predicted octanol–water partition coefficient (Wildman–Crippen LogP) is 3.53. The van der Waals surface area contributed by atoms with Crippen LogP contribution in [0.5, 0.6) is 0 Å². The van der Waals surface area contributed by atoms with Crippen molar-refractivity contribution < 1.29 is 14.5 Å². The molecule has 1 atom stereocenters. The fourth-order valence-corrected chi connectivity index (χ4v) is 4.03. The van der Waals surface area contributed by atoms with Crippen molar-refractivity contribution in [2.75, 3.05) is 32.8 Å². The molecule has 0 radical (unpaired) electrons. The Morgan fingerprint density at radius 3 is 2.73 bits per heavy atom. The molecule has 30 heavy (non-hydrogen) atoms. The Hall–Kier alpha value is -2.94. The first-order chi connectivity index (χ1) is 14.5. The lowest BCUT2D eigenvalue weighted by molar-refractivity contribution is -0.383. The van der Waals surface area contributed by atoms with Crippen molar-refractivity contribution in [3.63, 3.8) is 0 Å². The second-order valence-corrected chi connectivity index (χ2v) is 7.48. The van der Waals surface area contributed by atoms with Crippen LogP contribution in [-0.4, -0.2) is 53.6 Å². The van der Waals surface area contributed by atoms with E-state index in [0.29, 0.717) is 35.7 Å². The first-order valence-electron chi connectivity index (χ1n) is 9.65. The van der Waals surface area contributed by atoms with Crippen LogP contribution in [0.15, 0.2) is 48.5 Å². The van der Waals surface area contributed by atoms with E-state index in [9.17, 15) is 14.9 Å². The molecule has 0 aliphatic carbocycles. The smallest absolute Gasteiger partial charge is 0.293 e. The summed E-state index contributed by atoms with van der Waals surface area (Å²) in [5, 5.41) is 15.4. The van der Waals surface area contributed by atoms with Crippen LogP contribution in [0.3, 0.4) is 0 Å². The number of para-hydroxylation sites is 1. The van der Waals surface area contributed by atoms with Gasteiger partial charge >= 0.3 is 0 Å². The zero-order valence-electron chi connectivity index (χ0n) is 16.1. The van der Waals surface area contributed by atoms with E-state index in [1.54, 1.807) is 18.2 Å². The van der Waals surface area contributed by atoms with Crippen LogP contribution in [-0.2, 0) is 4.74 Å². The van der Waals surface area contributed by atoms with Gasteiger partial charge in [0.1, 0.15) is 11.2 Å². The quantitative estimate of drug-likeness (QED) is 0.462. The van der Waals surface area contributed by atoms with Gasteiger partial charge in [-0.05, 0) is 17.7 Å². The van der Waals surface area contributed by atoms with Gasteiger partial charge in [0.05, 0.1) is 24.2 Å². The van der Waals surface area contributed by atoms with Crippen LogP contribution in [0.2, 0.25) is 5.02 Å². The lowest BCUT2D eigenvalue weighted by Crippen LogP contribution is -2.44. The van der Waals surface area contributed by atoms with Crippen LogP contribution >= 0.6 is 11.6 Å². The fraction of sp³-hybridized carbons (Fsp3) is 0.286. The summed E-state index contributed by atoms with van der Waals surface area (Å²) in [6.45, 7) is 3.08. The molecule has 0 saturated carbocycles. The number of carbonyl (C=O) groups is 1. The number of ether oxygens (including phenoxy) is 1. The number of carbonyl (C=O) groups excluding carboxylic acids is 1. The van der Waals surface area contributed by atoms with Crippen LogP contribution in [0.25, 0.3) is 10.9 Å². The molecule has 1 aromatic heterocycles. The Labute approximate surface area is 177 Å². The zero-order chi connectivity index (χ0) is 21.1. The number of rotatable bonds is 6. The molecule has 3 aromatic rings. The number of halogens is 1. The highest BCUT2D eigenvalue weighted by Gasteiger charge is 2.25. The third-order valence-corrected chi connectivity index (χ3v) is 5.63. The van der Waals surface area contributed by atoms with Crippen molar-refractivity contribution in [3.05, 3.63) is 74.9 Å². The maximum atomic E-state index is 12.8. The monoisotopic (exact) mass is 428 g/mol. The molecule has 156 valence electrons. The summed E-state index contributed by atoms with van der Waals surface area (Å²) in [6, 6.07) is 13.8. The highest BCUT2D eigenvalue weighted by molar-refractivity contribution is 6.31. The highest BCUT2D eigenvalue weighted by Crippen LogP contribution is 2.28. The molecule has 2 N–H and O–H groups in total. The molecular formula is C21H21ClN4O4. The number of benzene rings is 2. The van der Waals surface area contributed by atoms with E-state index in [1.165, 1.54) is 6.07 Å². The van der Waals surface area contributed by atoms with Gasteiger partial charge in [0.15, 0.2) is 0 Å². The molecule has 1 aliphatic heterocycles. The topological polar surface area (TPSA) is 100 Å². The summed E-state index contributed by atoms with van der Waals surface area (Å²) < 4.78 is 5.45. The standard InChI is InChI=1S/C21H21ClN4O4/c22-16-6-2-1-5-15(16)19(25-8-10-30-11-9-25)13-23-21(27)17-12-14-4-3-7-18(26(28)29)20(14)24-17/h1-7,12,19,24H,8-11,13H2,(H,23,27)/t19-/m1/s1. The molecule has 1 fully saturated rings.